The maximum absolute atomic E-state index is 15.4. The number of carboxylic acid groups (broad SMARTS) is 1. The molecule has 1 aromatic heterocycles. The van der Waals surface area contributed by atoms with Crippen LogP contribution in [0.5, 0.6) is 0 Å². The number of nitrogens with one attached hydrogen (secondary N) is 14. The first kappa shape index (κ1) is 93.8. The van der Waals surface area contributed by atoms with Gasteiger partial charge in [0.1, 0.15) is 72.5 Å². The molecule has 0 saturated carbocycles. The van der Waals surface area contributed by atoms with Crippen molar-refractivity contribution >= 4 is 121 Å². The summed E-state index contributed by atoms with van der Waals surface area (Å²) in [6.45, 7) is 1.98. The number of carbonyl (C=O) groups excluding carboxylic acids is 14. The molecule has 1 aliphatic heterocycles. The fraction of sp³-hybridized carbons (Fsp3) is 0.468. The third-order valence-electron chi connectivity index (χ3n) is 18.5. The number of hydrogen-bond donors (Lipinski definition) is 22. The number of aliphatic carboxylic acids is 1. The highest BCUT2D eigenvalue weighted by Gasteiger charge is 2.40. The monoisotopic (exact) mass is 1650 g/mol. The van der Waals surface area contributed by atoms with Gasteiger partial charge in [0.15, 0.2) is 0 Å². The molecule has 15 atom stereocenters. The lowest BCUT2D eigenvalue weighted by molar-refractivity contribution is -0.142. The van der Waals surface area contributed by atoms with E-state index in [0.717, 1.165) is 35.4 Å². The summed E-state index contributed by atoms with van der Waals surface area (Å²) in [6.07, 6.45) is -3.73. The lowest BCUT2D eigenvalue weighted by Crippen LogP contribution is -2.63. The highest BCUT2D eigenvalue weighted by Crippen LogP contribution is 2.25. The second-order valence-corrected chi connectivity index (χ2v) is 30.5. The first-order chi connectivity index (χ1) is 55.4. The maximum Gasteiger partial charge on any atom is 0.326 e. The average molecular weight is 1650 g/mol. The van der Waals surface area contributed by atoms with Gasteiger partial charge < -0.3 is 117 Å². The van der Waals surface area contributed by atoms with Gasteiger partial charge in [0.25, 0.3) is 0 Å². The maximum atomic E-state index is 15.4. The Morgan fingerprint density at radius 2 is 0.879 bits per heavy atom. The Morgan fingerprint density at radius 3 is 1.34 bits per heavy atom. The van der Waals surface area contributed by atoms with Gasteiger partial charge in [-0.15, -0.1) is 0 Å². The number of aromatic amines is 1. The molecule has 1 fully saturated rings. The number of carbonyl (C=O) groups is 15. The van der Waals surface area contributed by atoms with Gasteiger partial charge in [0.05, 0.1) is 37.8 Å². The summed E-state index contributed by atoms with van der Waals surface area (Å²) in [5.74, 6) is -16.9. The molecule has 0 spiro atoms. The van der Waals surface area contributed by atoms with Crippen LogP contribution >= 0.6 is 21.6 Å². The summed E-state index contributed by atoms with van der Waals surface area (Å²) in [7, 11) is 1.84. The van der Waals surface area contributed by atoms with Gasteiger partial charge in [-0.2, -0.15) is 0 Å². The normalized spacial score (nSPS) is 23.8. The van der Waals surface area contributed by atoms with Crippen molar-refractivity contribution in [3.05, 3.63) is 144 Å². The van der Waals surface area contributed by atoms with E-state index in [1.807, 2.05) is 0 Å². The minimum Gasteiger partial charge on any atom is -0.480 e. The number of primary amides is 1. The molecule has 26 N–H and O–H groups in total. The molecule has 0 radical (unpaired) electrons. The van der Waals surface area contributed by atoms with Crippen molar-refractivity contribution in [1.82, 2.24) is 74.1 Å². The molecule has 15 unspecified atom stereocenters. The van der Waals surface area contributed by atoms with Crippen LogP contribution in [0, 0.1) is 0 Å². The van der Waals surface area contributed by atoms with Crippen LogP contribution < -0.4 is 92.1 Å². The third-order valence-corrected chi connectivity index (χ3v) is 21.0. The molecule has 1 saturated heterocycles. The highest BCUT2D eigenvalue weighted by molar-refractivity contribution is 8.76. The summed E-state index contributed by atoms with van der Waals surface area (Å²) in [5.41, 5.74) is 25.7. The van der Waals surface area contributed by atoms with Crippen molar-refractivity contribution in [2.75, 3.05) is 37.7 Å². The van der Waals surface area contributed by atoms with Gasteiger partial charge in [-0.3, -0.25) is 67.1 Å². The van der Waals surface area contributed by atoms with Crippen LogP contribution in [0.4, 0.5) is 0 Å². The van der Waals surface area contributed by atoms with Crippen LogP contribution in [-0.2, 0) is 97.6 Å². The van der Waals surface area contributed by atoms with Crippen LogP contribution in [0.15, 0.2) is 121 Å². The second kappa shape index (κ2) is 48.3. The number of unbranched alkanes of at least 4 members (excludes halogenated alkanes) is 2. The molecule has 2 heterocycles. The topological polar surface area (TPSA) is 613 Å². The van der Waals surface area contributed by atoms with E-state index in [1.54, 1.807) is 121 Å². The Bertz CT molecular complexity index is 4150. The van der Waals surface area contributed by atoms with Crippen LogP contribution in [-0.4, -0.2) is 243 Å². The third kappa shape index (κ3) is 30.9. The first-order valence-electron chi connectivity index (χ1n) is 37.9. The second-order valence-electron chi connectivity index (χ2n) is 27.9. The van der Waals surface area contributed by atoms with E-state index in [9.17, 15) is 78.0 Å². The molecular weight excluding hydrogens is 1550 g/mol. The van der Waals surface area contributed by atoms with Crippen molar-refractivity contribution in [2.45, 2.75) is 189 Å². The standard InChI is InChI=1S/C77H106N18O19S2/c1-42(80)65(101)83-39-62(100)84-60-41-116-115-32-29-53(77(113)114)87-73(109)59(40-96)93-76(112)64(44(3)98)95-72(108)56(35-47-23-11-6-12-24-47)92-75(111)63(43(2)97)94-67(103)52(28-16-18-31-79)85-70(106)57(36-48-38-82-50-26-14-13-25-49(48)50)90-69(105)55(34-46-21-9-5-10-22-46)88-68(104)54(33-45-19-7-4-8-20-45)89-71(107)58(37-61(81)99)91-66(102)51(86-74(60)110)27-15-17-30-78/h4-14,19-26,38,42-44,51-60,63-64,82,96-98H,15-18,27-37,39-41,78-80H2,1-3H3,(H2,81,99)(H,83,101)(H,84,100)(H,85,106)(H,86,110)(H,87,109)(H,88,104)(H,89,107)(H,90,105)(H,91,102)(H,92,111)(H,93,112)(H,94,103)(H,95,108)(H,113,114). The van der Waals surface area contributed by atoms with Gasteiger partial charge in [-0.1, -0.05) is 131 Å². The average Bonchev–Trinajstić information content (AvgIpc) is 1.67. The Hall–Kier alpha value is -11.1. The molecule has 37 nitrogen and oxygen atoms in total. The minimum absolute atomic E-state index is 0.118. The van der Waals surface area contributed by atoms with Gasteiger partial charge in [-0.25, -0.2) is 4.79 Å². The van der Waals surface area contributed by atoms with E-state index in [-0.39, 0.29) is 82.4 Å². The first-order valence-corrected chi connectivity index (χ1v) is 40.3. The van der Waals surface area contributed by atoms with Crippen molar-refractivity contribution < 1.29 is 92.3 Å². The molecule has 1 aliphatic rings. The molecule has 4 aromatic carbocycles. The number of aliphatic hydroxyl groups excluding tert-OH is 3. The van der Waals surface area contributed by atoms with Crippen LogP contribution in [0.3, 0.4) is 0 Å². The smallest absolute Gasteiger partial charge is 0.326 e. The summed E-state index contributed by atoms with van der Waals surface area (Å²) >= 11 is 0. The lowest BCUT2D eigenvalue weighted by Gasteiger charge is -2.29. The highest BCUT2D eigenvalue weighted by atomic mass is 33.1. The Morgan fingerprint density at radius 1 is 0.483 bits per heavy atom. The number of hydrogen-bond acceptors (Lipinski definition) is 23. The van der Waals surface area contributed by atoms with E-state index < -0.39 is 199 Å². The van der Waals surface area contributed by atoms with E-state index in [0.29, 0.717) is 46.0 Å². The van der Waals surface area contributed by atoms with Crippen molar-refractivity contribution in [1.29, 1.82) is 0 Å². The number of rotatable bonds is 26. The SMILES string of the molecule is CC(N)C(=O)NCC(=O)NC1CSSCCC(C(=O)O)NC(=O)C(CO)NC(=O)C(C(C)O)NC(=O)C(Cc2ccccc2)NC(=O)C(C(C)O)NC(=O)C(CCCCN)NC(=O)C(Cc2c[nH]c3ccccc23)NC(=O)C(Cc2ccccc2)NC(=O)C(Cc2ccccc2)NC(=O)C(CC(N)=O)NC(=O)C(CCCCN)NC1=O. The number of nitrogens with two attached hydrogens (primary N) is 4. The summed E-state index contributed by atoms with van der Waals surface area (Å²) in [5, 5.41) is 76.2. The zero-order valence-corrected chi connectivity index (χ0v) is 66.1. The van der Waals surface area contributed by atoms with Gasteiger partial charge >= 0.3 is 5.97 Å². The largest absolute Gasteiger partial charge is 0.480 e. The van der Waals surface area contributed by atoms with E-state index in [4.69, 9.17) is 22.9 Å². The summed E-state index contributed by atoms with van der Waals surface area (Å²) < 4.78 is 0. The molecule has 6 rings (SSSR count). The van der Waals surface area contributed by atoms with Crippen LogP contribution in [0.25, 0.3) is 10.9 Å². The zero-order chi connectivity index (χ0) is 85.0. The molecule has 5 aromatic rings. The Kier molecular flexibility index (Phi) is 39.1. The fourth-order valence-electron chi connectivity index (χ4n) is 12.1. The molecule has 39 heteroatoms. The van der Waals surface area contributed by atoms with E-state index in [1.165, 1.54) is 6.92 Å². The van der Waals surface area contributed by atoms with E-state index >= 15 is 14.4 Å². The Labute approximate surface area is 677 Å². The number of aromatic nitrogens is 1. The number of amides is 14. The number of fused-ring (bicyclic) bond motifs is 1. The van der Waals surface area contributed by atoms with Crippen molar-refractivity contribution in [3.63, 3.8) is 0 Å². The molecule has 630 valence electrons. The molecule has 0 bridgehead atoms. The number of carboxylic acids is 1. The zero-order valence-electron chi connectivity index (χ0n) is 64.5. The van der Waals surface area contributed by atoms with Crippen molar-refractivity contribution in [2.24, 2.45) is 22.9 Å². The number of aliphatic hydroxyl groups is 3. The van der Waals surface area contributed by atoms with E-state index in [2.05, 4.69) is 74.1 Å². The van der Waals surface area contributed by atoms with Crippen LogP contribution in [0.2, 0.25) is 0 Å². The summed E-state index contributed by atoms with van der Waals surface area (Å²) in [4.78, 5) is 217. The molecule has 0 aliphatic carbocycles. The summed E-state index contributed by atoms with van der Waals surface area (Å²) in [6, 6.07) is 9.97. The predicted molar refractivity (Wildman–Crippen MR) is 430 cm³/mol. The van der Waals surface area contributed by atoms with Gasteiger partial charge in [-0.05, 0) is 107 Å². The van der Waals surface area contributed by atoms with Crippen molar-refractivity contribution in [3.8, 4) is 0 Å². The molecular formula is C77H106N18O19S2. The molecule has 14 amide bonds. The number of H-pyrrole nitrogens is 1. The van der Waals surface area contributed by atoms with Gasteiger partial charge in [0, 0.05) is 54.3 Å². The molecule has 116 heavy (non-hydrogen) atoms. The minimum atomic E-state index is -1.97. The quantitative estimate of drug-likeness (QED) is 0.0183. The lowest BCUT2D eigenvalue weighted by atomic mass is 10.00. The Balaban J connectivity index is 1.46. The number of benzene rings is 4. The fourth-order valence-corrected chi connectivity index (χ4v) is 14.4. The van der Waals surface area contributed by atoms with Crippen LogP contribution in [0.1, 0.15) is 94.4 Å². The van der Waals surface area contributed by atoms with Gasteiger partial charge in [0.2, 0.25) is 82.7 Å². The number of para-hydroxylation sites is 1. The predicted octanol–water partition coefficient (Wildman–Crippen LogP) is -4.52.